The minimum atomic E-state index is 0.760. The fraction of sp³-hybridized carbons (Fsp3) is 0.905. The monoisotopic (exact) mass is 310 g/mol. The van der Waals surface area contributed by atoms with Crippen molar-refractivity contribution in [2.45, 2.75) is 92.4 Å². The Morgan fingerprint density at radius 1 is 0.818 bits per heavy atom. The molecule has 0 aromatic heterocycles. The molecule has 0 saturated carbocycles. The number of ether oxygens (including phenoxy) is 1. The van der Waals surface area contributed by atoms with Crippen LogP contribution >= 0.6 is 0 Å². The summed E-state index contributed by atoms with van der Waals surface area (Å²) in [6.45, 7) is 12.5. The van der Waals surface area contributed by atoms with Gasteiger partial charge < -0.3 is 4.74 Å². The third-order valence-electron chi connectivity index (χ3n) is 4.74. The largest absolute Gasteiger partial charge is 0.381 e. The minimum absolute atomic E-state index is 0.760. The van der Waals surface area contributed by atoms with E-state index in [1.54, 1.807) is 7.11 Å². The van der Waals surface area contributed by atoms with Crippen LogP contribution in [-0.2, 0) is 4.74 Å². The van der Waals surface area contributed by atoms with Crippen molar-refractivity contribution in [1.29, 1.82) is 0 Å². The number of hydrogen-bond acceptors (Lipinski definition) is 1. The molecule has 0 saturated heterocycles. The van der Waals surface area contributed by atoms with E-state index < -0.39 is 0 Å². The first-order valence-electron chi connectivity index (χ1n) is 9.60. The molecule has 2 unspecified atom stereocenters. The lowest BCUT2D eigenvalue weighted by Crippen LogP contribution is -2.00. The highest BCUT2D eigenvalue weighted by atomic mass is 16.5. The Morgan fingerprint density at radius 3 is 1.82 bits per heavy atom. The molecule has 132 valence electrons. The molecular formula is C21H42O. The summed E-state index contributed by atoms with van der Waals surface area (Å²) in [7, 11) is 1.76. The van der Waals surface area contributed by atoms with E-state index in [9.17, 15) is 0 Å². The minimum Gasteiger partial charge on any atom is -0.381 e. The third kappa shape index (κ3) is 14.6. The summed E-state index contributed by atoms with van der Waals surface area (Å²) in [6, 6.07) is 0. The average Bonchev–Trinajstić information content (AvgIpc) is 2.44. The van der Waals surface area contributed by atoms with Crippen molar-refractivity contribution in [3.63, 3.8) is 0 Å². The van der Waals surface area contributed by atoms with E-state index in [0.717, 1.165) is 24.4 Å². The summed E-state index contributed by atoms with van der Waals surface area (Å²) in [5.41, 5.74) is 1.48. The van der Waals surface area contributed by atoms with Gasteiger partial charge in [-0.3, -0.25) is 0 Å². The molecule has 0 N–H and O–H groups in total. The Kier molecular flexibility index (Phi) is 14.1. The molecule has 0 heterocycles. The zero-order valence-electron chi connectivity index (χ0n) is 16.3. The quantitative estimate of drug-likeness (QED) is 0.313. The second-order valence-corrected chi connectivity index (χ2v) is 7.86. The third-order valence-corrected chi connectivity index (χ3v) is 4.74. The Balaban J connectivity index is 3.54. The molecule has 0 bridgehead atoms. The fourth-order valence-electron chi connectivity index (χ4n) is 3.04. The van der Waals surface area contributed by atoms with E-state index in [0.29, 0.717) is 0 Å². The van der Waals surface area contributed by atoms with Crippen LogP contribution in [0.2, 0.25) is 0 Å². The number of hydrogen-bond donors (Lipinski definition) is 0. The summed E-state index contributed by atoms with van der Waals surface area (Å²) in [5.74, 6) is 2.68. The van der Waals surface area contributed by atoms with E-state index in [2.05, 4.69) is 40.7 Å². The summed E-state index contributed by atoms with van der Waals surface area (Å²) in [4.78, 5) is 0. The van der Waals surface area contributed by atoms with Crippen LogP contribution < -0.4 is 0 Å². The van der Waals surface area contributed by atoms with E-state index >= 15 is 0 Å². The SMILES string of the molecule is COC/C=C(\C)CCCC(C)CCCC(C)CCCC(C)C. The standard InChI is InChI=1S/C21H42O/c1-18(2)10-7-11-19(3)12-8-13-20(4)14-9-15-21(5)16-17-22-6/h16,18-20H,7-15,17H2,1-6H3/b21-16+. The maximum absolute atomic E-state index is 5.08. The van der Waals surface area contributed by atoms with Crippen LogP contribution in [0, 0.1) is 17.8 Å². The highest BCUT2D eigenvalue weighted by molar-refractivity contribution is 4.97. The molecule has 1 nitrogen and oxygen atoms in total. The summed E-state index contributed by atoms with van der Waals surface area (Å²) in [5, 5.41) is 0. The average molecular weight is 311 g/mol. The molecule has 0 amide bonds. The van der Waals surface area contributed by atoms with Crippen molar-refractivity contribution in [3.05, 3.63) is 11.6 Å². The predicted molar refractivity (Wildman–Crippen MR) is 100 cm³/mol. The van der Waals surface area contributed by atoms with Gasteiger partial charge in [0.15, 0.2) is 0 Å². The van der Waals surface area contributed by atoms with Crippen molar-refractivity contribution in [1.82, 2.24) is 0 Å². The highest BCUT2D eigenvalue weighted by Gasteiger charge is 2.06. The lowest BCUT2D eigenvalue weighted by molar-refractivity contribution is 0.233. The maximum Gasteiger partial charge on any atom is 0.0646 e. The van der Waals surface area contributed by atoms with Crippen LogP contribution in [-0.4, -0.2) is 13.7 Å². The second-order valence-electron chi connectivity index (χ2n) is 7.86. The smallest absolute Gasteiger partial charge is 0.0646 e. The normalized spacial score (nSPS) is 15.3. The first-order valence-corrected chi connectivity index (χ1v) is 9.60. The van der Waals surface area contributed by atoms with Crippen LogP contribution in [0.5, 0.6) is 0 Å². The van der Waals surface area contributed by atoms with Crippen molar-refractivity contribution in [2.24, 2.45) is 17.8 Å². The van der Waals surface area contributed by atoms with Gasteiger partial charge in [-0.15, -0.1) is 0 Å². The van der Waals surface area contributed by atoms with Gasteiger partial charge in [0, 0.05) is 7.11 Å². The van der Waals surface area contributed by atoms with Crippen LogP contribution in [0.25, 0.3) is 0 Å². The van der Waals surface area contributed by atoms with Gasteiger partial charge in [-0.2, -0.15) is 0 Å². The lowest BCUT2D eigenvalue weighted by atomic mass is 9.91. The number of allylic oxidation sites excluding steroid dienone is 1. The molecule has 0 aliphatic carbocycles. The number of methoxy groups -OCH3 is 1. The molecule has 0 aliphatic heterocycles. The van der Waals surface area contributed by atoms with Crippen LogP contribution in [0.3, 0.4) is 0 Å². The van der Waals surface area contributed by atoms with Crippen LogP contribution in [0.15, 0.2) is 11.6 Å². The van der Waals surface area contributed by atoms with Gasteiger partial charge in [0.1, 0.15) is 0 Å². The summed E-state index contributed by atoms with van der Waals surface area (Å²) < 4.78 is 5.08. The molecule has 0 aliphatic rings. The van der Waals surface area contributed by atoms with Gasteiger partial charge in [0.25, 0.3) is 0 Å². The van der Waals surface area contributed by atoms with Crippen molar-refractivity contribution in [3.8, 4) is 0 Å². The van der Waals surface area contributed by atoms with E-state index in [4.69, 9.17) is 4.74 Å². The molecule has 0 rings (SSSR count). The van der Waals surface area contributed by atoms with Crippen LogP contribution in [0.4, 0.5) is 0 Å². The Morgan fingerprint density at radius 2 is 1.32 bits per heavy atom. The van der Waals surface area contributed by atoms with Crippen molar-refractivity contribution in [2.75, 3.05) is 13.7 Å². The molecule has 0 fully saturated rings. The van der Waals surface area contributed by atoms with E-state index in [1.807, 2.05) is 0 Å². The van der Waals surface area contributed by atoms with Gasteiger partial charge in [-0.1, -0.05) is 84.3 Å². The van der Waals surface area contributed by atoms with Gasteiger partial charge >= 0.3 is 0 Å². The van der Waals surface area contributed by atoms with Crippen LogP contribution in [0.1, 0.15) is 92.4 Å². The van der Waals surface area contributed by atoms with Crippen molar-refractivity contribution < 1.29 is 4.74 Å². The maximum atomic E-state index is 5.08. The first-order chi connectivity index (χ1) is 10.5. The molecule has 0 spiro atoms. The van der Waals surface area contributed by atoms with Gasteiger partial charge in [0.2, 0.25) is 0 Å². The fourth-order valence-corrected chi connectivity index (χ4v) is 3.04. The molecular weight excluding hydrogens is 268 g/mol. The second kappa shape index (κ2) is 14.3. The molecule has 0 aromatic carbocycles. The highest BCUT2D eigenvalue weighted by Crippen LogP contribution is 2.21. The van der Waals surface area contributed by atoms with Gasteiger partial charge in [-0.05, 0) is 37.5 Å². The lowest BCUT2D eigenvalue weighted by Gasteiger charge is -2.15. The van der Waals surface area contributed by atoms with Crippen molar-refractivity contribution >= 4 is 0 Å². The van der Waals surface area contributed by atoms with Gasteiger partial charge in [-0.25, -0.2) is 0 Å². The Bertz CT molecular complexity index is 267. The molecule has 1 heteroatoms. The molecule has 2 atom stereocenters. The first kappa shape index (κ1) is 21.7. The van der Waals surface area contributed by atoms with E-state index in [-0.39, 0.29) is 0 Å². The molecule has 0 radical (unpaired) electrons. The molecule has 22 heavy (non-hydrogen) atoms. The molecule has 0 aromatic rings. The Labute approximate surface area is 140 Å². The zero-order valence-corrected chi connectivity index (χ0v) is 16.3. The predicted octanol–water partition coefficient (Wildman–Crippen LogP) is 7.02. The Hall–Kier alpha value is -0.300. The van der Waals surface area contributed by atoms with Gasteiger partial charge in [0.05, 0.1) is 6.61 Å². The topological polar surface area (TPSA) is 9.23 Å². The van der Waals surface area contributed by atoms with E-state index in [1.165, 1.54) is 63.4 Å². The summed E-state index contributed by atoms with van der Waals surface area (Å²) in [6.07, 6.45) is 14.7. The number of rotatable bonds is 14. The summed E-state index contributed by atoms with van der Waals surface area (Å²) >= 11 is 0. The zero-order chi connectivity index (χ0) is 16.8.